The van der Waals surface area contributed by atoms with E-state index in [1.807, 2.05) is 30.3 Å². The average Bonchev–Trinajstić information content (AvgIpc) is 2.89. The van der Waals surface area contributed by atoms with E-state index in [9.17, 15) is 9.59 Å². The fourth-order valence-corrected chi connectivity index (χ4v) is 7.58. The Balaban J connectivity index is 1.31. The molecule has 0 spiro atoms. The number of amides is 2. The lowest BCUT2D eigenvalue weighted by Gasteiger charge is -2.56. The Morgan fingerprint density at radius 2 is 1.79 bits per heavy atom. The van der Waals surface area contributed by atoms with E-state index in [0.29, 0.717) is 24.8 Å². The van der Waals surface area contributed by atoms with Gasteiger partial charge < -0.3 is 10.6 Å². The van der Waals surface area contributed by atoms with E-state index in [1.165, 1.54) is 31.2 Å². The fourth-order valence-electron chi connectivity index (χ4n) is 7.58. The highest BCUT2D eigenvalue weighted by Gasteiger charge is 2.51. The van der Waals surface area contributed by atoms with Crippen molar-refractivity contribution in [3.05, 3.63) is 70.8 Å². The van der Waals surface area contributed by atoms with Gasteiger partial charge >= 0.3 is 0 Å². The number of aryl methyl sites for hydroxylation is 1. The number of nitrogens with one attached hydrogen (secondary N) is 2. The molecule has 2 aliphatic carbocycles. The largest absolute Gasteiger partial charge is 0.356 e. The summed E-state index contributed by atoms with van der Waals surface area (Å²) in [4.78, 5) is 24.6. The Morgan fingerprint density at radius 3 is 2.50 bits per heavy atom. The Kier molecular flexibility index (Phi) is 9.00. The van der Waals surface area contributed by atoms with E-state index < -0.39 is 0 Å². The first-order chi connectivity index (χ1) is 18.1. The van der Waals surface area contributed by atoms with Crippen molar-refractivity contribution in [2.75, 3.05) is 6.54 Å². The van der Waals surface area contributed by atoms with Crippen molar-refractivity contribution >= 4 is 11.8 Å². The van der Waals surface area contributed by atoms with Gasteiger partial charge in [-0.15, -0.1) is 0 Å². The predicted molar refractivity (Wildman–Crippen MR) is 156 cm³/mol. The summed E-state index contributed by atoms with van der Waals surface area (Å²) in [6, 6.07) is 17.3. The van der Waals surface area contributed by atoms with Crippen molar-refractivity contribution < 1.29 is 9.59 Å². The molecule has 4 rings (SSSR count). The predicted octanol–water partition coefficient (Wildman–Crippen LogP) is 7.37. The van der Waals surface area contributed by atoms with Crippen molar-refractivity contribution in [2.45, 2.75) is 110 Å². The molecule has 1 fully saturated rings. The SMILES string of the molecule is CC(=O)NC(CCCNC(=O)CC[C@]1(C)CCC[C@]2(C)c3ccc(C(C)C)cc3CC[C@@H]12)c1ccccc1. The van der Waals surface area contributed by atoms with Gasteiger partial charge in [-0.05, 0) is 89.9 Å². The topological polar surface area (TPSA) is 58.2 Å². The fraction of sp³-hybridized carbons (Fsp3) is 0.588. The van der Waals surface area contributed by atoms with Gasteiger partial charge in [-0.2, -0.15) is 0 Å². The van der Waals surface area contributed by atoms with Crippen molar-refractivity contribution in [3.8, 4) is 0 Å². The van der Waals surface area contributed by atoms with Crippen LogP contribution in [0.4, 0.5) is 0 Å². The van der Waals surface area contributed by atoms with Gasteiger partial charge in [0.15, 0.2) is 0 Å². The highest BCUT2D eigenvalue weighted by molar-refractivity contribution is 5.76. The van der Waals surface area contributed by atoms with Gasteiger partial charge in [0.05, 0.1) is 6.04 Å². The van der Waals surface area contributed by atoms with Crippen LogP contribution in [0.3, 0.4) is 0 Å². The first-order valence-electron chi connectivity index (χ1n) is 14.8. The summed E-state index contributed by atoms with van der Waals surface area (Å²) in [6.45, 7) is 11.7. The van der Waals surface area contributed by atoms with Crippen molar-refractivity contribution in [1.29, 1.82) is 0 Å². The van der Waals surface area contributed by atoms with E-state index >= 15 is 0 Å². The molecule has 0 bridgehead atoms. The second-order valence-corrected chi connectivity index (χ2v) is 12.7. The molecular weight excluding hydrogens is 468 g/mol. The molecule has 2 N–H and O–H groups in total. The number of hydrogen-bond donors (Lipinski definition) is 2. The van der Waals surface area contributed by atoms with Gasteiger partial charge in [0, 0.05) is 19.9 Å². The van der Waals surface area contributed by atoms with E-state index in [2.05, 4.69) is 56.5 Å². The van der Waals surface area contributed by atoms with Crippen LogP contribution in [0, 0.1) is 11.3 Å². The molecule has 2 aromatic rings. The molecule has 0 aromatic heterocycles. The second kappa shape index (κ2) is 12.1. The maximum Gasteiger partial charge on any atom is 0.220 e. The summed E-state index contributed by atoms with van der Waals surface area (Å²) in [6.07, 6.45) is 9.29. The minimum Gasteiger partial charge on any atom is -0.356 e. The zero-order valence-corrected chi connectivity index (χ0v) is 24.2. The molecule has 1 unspecified atom stereocenters. The molecule has 4 atom stereocenters. The highest BCUT2D eigenvalue weighted by atomic mass is 16.2. The lowest BCUT2D eigenvalue weighted by atomic mass is 9.49. The van der Waals surface area contributed by atoms with Crippen LogP contribution in [0.1, 0.15) is 120 Å². The number of carbonyl (C=O) groups is 2. The van der Waals surface area contributed by atoms with Gasteiger partial charge in [-0.3, -0.25) is 9.59 Å². The molecule has 2 aromatic carbocycles. The third-order valence-electron chi connectivity index (χ3n) is 9.66. The molecular formula is C34H48N2O2. The molecule has 2 aliphatic rings. The molecule has 38 heavy (non-hydrogen) atoms. The molecule has 0 radical (unpaired) electrons. The summed E-state index contributed by atoms with van der Waals surface area (Å²) >= 11 is 0. The van der Waals surface area contributed by atoms with E-state index in [0.717, 1.165) is 31.2 Å². The normalized spacial score (nSPS) is 25.3. The molecule has 1 saturated carbocycles. The molecule has 4 nitrogen and oxygen atoms in total. The average molecular weight is 517 g/mol. The zero-order chi connectivity index (χ0) is 27.3. The molecule has 0 aliphatic heterocycles. The lowest BCUT2D eigenvalue weighted by Crippen LogP contribution is -2.49. The number of benzene rings is 2. The maximum absolute atomic E-state index is 12.9. The Morgan fingerprint density at radius 1 is 1.03 bits per heavy atom. The number of carbonyl (C=O) groups excluding carboxylic acids is 2. The quantitative estimate of drug-likeness (QED) is 0.324. The Labute approximate surface area is 230 Å². The third kappa shape index (κ3) is 6.33. The second-order valence-electron chi connectivity index (χ2n) is 12.7. The summed E-state index contributed by atoms with van der Waals surface area (Å²) in [7, 11) is 0. The molecule has 206 valence electrons. The van der Waals surface area contributed by atoms with Crippen LogP contribution < -0.4 is 10.6 Å². The van der Waals surface area contributed by atoms with Gasteiger partial charge in [-0.25, -0.2) is 0 Å². The number of rotatable bonds is 10. The van der Waals surface area contributed by atoms with Crippen LogP contribution in [0.15, 0.2) is 48.5 Å². The first-order valence-corrected chi connectivity index (χ1v) is 14.8. The monoisotopic (exact) mass is 516 g/mol. The van der Waals surface area contributed by atoms with Crippen LogP contribution in [0.25, 0.3) is 0 Å². The molecule has 0 heterocycles. The zero-order valence-electron chi connectivity index (χ0n) is 24.2. The maximum atomic E-state index is 12.9. The van der Waals surface area contributed by atoms with Crippen LogP contribution in [0.5, 0.6) is 0 Å². The Bertz CT molecular complexity index is 1110. The number of hydrogen-bond acceptors (Lipinski definition) is 2. The van der Waals surface area contributed by atoms with Gasteiger partial charge in [0.1, 0.15) is 0 Å². The highest BCUT2D eigenvalue weighted by Crippen LogP contribution is 2.58. The Hall–Kier alpha value is -2.62. The van der Waals surface area contributed by atoms with E-state index in [-0.39, 0.29) is 28.7 Å². The van der Waals surface area contributed by atoms with Crippen molar-refractivity contribution in [1.82, 2.24) is 10.6 Å². The first kappa shape index (κ1) is 28.4. The molecule has 0 saturated heterocycles. The molecule has 2 amide bonds. The smallest absolute Gasteiger partial charge is 0.220 e. The van der Waals surface area contributed by atoms with E-state index in [1.54, 1.807) is 18.1 Å². The molecule has 4 heteroatoms. The van der Waals surface area contributed by atoms with Crippen LogP contribution in [-0.4, -0.2) is 18.4 Å². The van der Waals surface area contributed by atoms with Gasteiger partial charge in [0.25, 0.3) is 0 Å². The lowest BCUT2D eigenvalue weighted by molar-refractivity contribution is -0.122. The summed E-state index contributed by atoms with van der Waals surface area (Å²) < 4.78 is 0. The summed E-state index contributed by atoms with van der Waals surface area (Å²) in [5.41, 5.74) is 6.10. The standard InChI is InChI=1S/C34H48N2O2/c1-24(2)27-14-16-29-28(23-27)15-17-31-33(4,19-10-20-34(29,31)5)21-18-32(38)35-22-9-13-30(36-25(3)37)26-11-7-6-8-12-26/h6-8,11-12,14,16,23-24,30-31H,9-10,13,15,17-22H2,1-5H3,(H,35,38)(H,36,37)/t30?,31-,33-,34+/m0/s1. The van der Waals surface area contributed by atoms with Gasteiger partial charge in [-0.1, -0.05) is 82.6 Å². The van der Waals surface area contributed by atoms with Crippen molar-refractivity contribution in [2.24, 2.45) is 11.3 Å². The van der Waals surface area contributed by atoms with Gasteiger partial charge in [0.2, 0.25) is 11.8 Å². The van der Waals surface area contributed by atoms with Crippen LogP contribution in [-0.2, 0) is 21.4 Å². The van der Waals surface area contributed by atoms with E-state index in [4.69, 9.17) is 0 Å². The van der Waals surface area contributed by atoms with Crippen LogP contribution in [0.2, 0.25) is 0 Å². The van der Waals surface area contributed by atoms with Crippen LogP contribution >= 0.6 is 0 Å². The third-order valence-corrected chi connectivity index (χ3v) is 9.66. The summed E-state index contributed by atoms with van der Waals surface area (Å²) in [5.74, 6) is 1.32. The minimum absolute atomic E-state index is 0.0183. The number of fused-ring (bicyclic) bond motifs is 3. The summed E-state index contributed by atoms with van der Waals surface area (Å²) in [5, 5.41) is 6.21. The van der Waals surface area contributed by atoms with Crippen molar-refractivity contribution in [3.63, 3.8) is 0 Å². The minimum atomic E-state index is -0.0266.